The van der Waals surface area contributed by atoms with E-state index in [2.05, 4.69) is 4.98 Å². The predicted octanol–water partition coefficient (Wildman–Crippen LogP) is 1.15. The molecule has 1 amide bonds. The van der Waals surface area contributed by atoms with E-state index in [4.69, 9.17) is 0 Å². The zero-order valence-corrected chi connectivity index (χ0v) is 12.3. The summed E-state index contributed by atoms with van der Waals surface area (Å²) in [5.41, 5.74) is 0.552. The minimum atomic E-state index is -2.97. The third-order valence-corrected chi connectivity index (χ3v) is 4.93. The Morgan fingerprint density at radius 2 is 2.05 bits per heavy atom. The van der Waals surface area contributed by atoms with Gasteiger partial charge in [-0.05, 0) is 25.5 Å². The maximum Gasteiger partial charge on any atom is 0.254 e. The molecule has 0 radical (unpaired) electrons. The van der Waals surface area contributed by atoms with Crippen LogP contribution in [0.1, 0.15) is 23.7 Å². The van der Waals surface area contributed by atoms with E-state index >= 15 is 0 Å². The summed E-state index contributed by atoms with van der Waals surface area (Å²) in [6.07, 6.45) is 3.66. The van der Waals surface area contributed by atoms with Gasteiger partial charge in [0.15, 0.2) is 9.84 Å². The van der Waals surface area contributed by atoms with Crippen LogP contribution in [-0.4, -0.2) is 48.3 Å². The minimum Gasteiger partial charge on any atom is -0.335 e. The fourth-order valence-electron chi connectivity index (χ4n) is 2.25. The SMILES string of the molecule is CCN(C(=O)c1ccncc1)C1CCS(=O)(=O)C1.Cl. The fourth-order valence-corrected chi connectivity index (χ4v) is 3.98. The van der Waals surface area contributed by atoms with Crippen LogP contribution in [0.15, 0.2) is 24.5 Å². The second-order valence-electron chi connectivity index (χ2n) is 4.38. The first-order valence-electron chi connectivity index (χ1n) is 5.95. The van der Waals surface area contributed by atoms with Gasteiger partial charge < -0.3 is 4.90 Å². The summed E-state index contributed by atoms with van der Waals surface area (Å²) in [4.78, 5) is 17.8. The second-order valence-corrected chi connectivity index (χ2v) is 6.61. The van der Waals surface area contributed by atoms with Crippen LogP contribution in [0, 0.1) is 0 Å². The molecule has 1 aliphatic heterocycles. The summed E-state index contributed by atoms with van der Waals surface area (Å²) < 4.78 is 22.9. The number of hydrogen-bond acceptors (Lipinski definition) is 4. The maximum atomic E-state index is 12.3. The first-order chi connectivity index (χ1) is 8.53. The lowest BCUT2D eigenvalue weighted by Crippen LogP contribution is -2.40. The molecule has 7 heteroatoms. The van der Waals surface area contributed by atoms with Crippen LogP contribution in [0.5, 0.6) is 0 Å². The molecule has 2 rings (SSSR count). The molecule has 1 atom stereocenters. The second kappa shape index (κ2) is 6.34. The maximum absolute atomic E-state index is 12.3. The van der Waals surface area contributed by atoms with Gasteiger partial charge in [-0.2, -0.15) is 0 Å². The van der Waals surface area contributed by atoms with Crippen molar-refractivity contribution in [2.24, 2.45) is 0 Å². The van der Waals surface area contributed by atoms with Crippen molar-refractivity contribution >= 4 is 28.2 Å². The number of sulfone groups is 1. The summed E-state index contributed by atoms with van der Waals surface area (Å²) in [6, 6.07) is 3.10. The van der Waals surface area contributed by atoms with Crippen molar-refractivity contribution in [2.45, 2.75) is 19.4 Å². The first kappa shape index (κ1) is 15.9. The van der Waals surface area contributed by atoms with Crippen LogP contribution in [0.25, 0.3) is 0 Å². The van der Waals surface area contributed by atoms with Gasteiger partial charge in [0.25, 0.3) is 5.91 Å². The van der Waals surface area contributed by atoms with Crippen LogP contribution >= 0.6 is 12.4 Å². The monoisotopic (exact) mass is 304 g/mol. The van der Waals surface area contributed by atoms with Gasteiger partial charge in [0, 0.05) is 30.5 Å². The predicted molar refractivity (Wildman–Crippen MR) is 75.3 cm³/mol. The smallest absolute Gasteiger partial charge is 0.254 e. The van der Waals surface area contributed by atoms with Gasteiger partial charge >= 0.3 is 0 Å². The van der Waals surface area contributed by atoms with Crippen molar-refractivity contribution in [3.8, 4) is 0 Å². The van der Waals surface area contributed by atoms with Crippen LogP contribution < -0.4 is 0 Å². The Bertz CT molecular complexity index is 533. The average molecular weight is 305 g/mol. The largest absolute Gasteiger partial charge is 0.335 e. The molecule has 0 saturated carbocycles. The van der Waals surface area contributed by atoms with E-state index in [0.717, 1.165) is 0 Å². The van der Waals surface area contributed by atoms with Gasteiger partial charge in [-0.3, -0.25) is 9.78 Å². The zero-order valence-electron chi connectivity index (χ0n) is 10.7. The molecule has 106 valence electrons. The standard InChI is InChI=1S/C12H16N2O3S.ClH/c1-2-14(11-5-8-18(16,17)9-11)12(15)10-3-6-13-7-4-10;/h3-4,6-7,11H,2,5,8-9H2,1H3;1H. The highest BCUT2D eigenvalue weighted by Crippen LogP contribution is 2.19. The molecule has 0 aliphatic carbocycles. The average Bonchev–Trinajstić information content (AvgIpc) is 2.71. The summed E-state index contributed by atoms with van der Waals surface area (Å²) in [7, 11) is -2.97. The molecule has 2 heterocycles. The molecule has 0 spiro atoms. The van der Waals surface area contributed by atoms with Crippen molar-refractivity contribution in [2.75, 3.05) is 18.1 Å². The number of halogens is 1. The number of carbonyl (C=O) groups is 1. The highest BCUT2D eigenvalue weighted by atomic mass is 35.5. The lowest BCUT2D eigenvalue weighted by Gasteiger charge is -2.26. The molecule has 1 unspecified atom stereocenters. The van der Waals surface area contributed by atoms with E-state index in [1.54, 1.807) is 29.4 Å². The Kier molecular flexibility index (Phi) is 5.31. The van der Waals surface area contributed by atoms with Crippen LogP contribution in [0.4, 0.5) is 0 Å². The summed E-state index contributed by atoms with van der Waals surface area (Å²) in [5.74, 6) is 0.136. The van der Waals surface area contributed by atoms with E-state index in [9.17, 15) is 13.2 Å². The molecule has 1 saturated heterocycles. The third kappa shape index (κ3) is 3.67. The van der Waals surface area contributed by atoms with Crippen LogP contribution in [0.2, 0.25) is 0 Å². The van der Waals surface area contributed by atoms with E-state index in [-0.39, 0.29) is 35.9 Å². The molecule has 5 nitrogen and oxygen atoms in total. The van der Waals surface area contributed by atoms with Gasteiger partial charge in [-0.25, -0.2) is 8.42 Å². The molecule has 1 aromatic rings. The molecule has 1 aliphatic rings. The van der Waals surface area contributed by atoms with E-state index in [1.807, 2.05) is 6.92 Å². The lowest BCUT2D eigenvalue weighted by molar-refractivity contribution is 0.0708. The Morgan fingerprint density at radius 1 is 1.42 bits per heavy atom. The number of nitrogens with zero attached hydrogens (tertiary/aromatic N) is 2. The third-order valence-electron chi connectivity index (χ3n) is 3.18. The van der Waals surface area contributed by atoms with Gasteiger partial charge in [0.05, 0.1) is 11.5 Å². The van der Waals surface area contributed by atoms with Crippen molar-refractivity contribution in [3.63, 3.8) is 0 Å². The fraction of sp³-hybridized carbons (Fsp3) is 0.500. The first-order valence-corrected chi connectivity index (χ1v) is 7.77. The number of carbonyl (C=O) groups excluding carboxylic acids is 1. The van der Waals surface area contributed by atoms with Crippen molar-refractivity contribution < 1.29 is 13.2 Å². The molecular formula is C12H17ClN2O3S. The Balaban J connectivity index is 0.00000180. The normalized spacial score (nSPS) is 20.6. The highest BCUT2D eigenvalue weighted by Gasteiger charge is 2.34. The van der Waals surface area contributed by atoms with E-state index in [1.165, 1.54) is 0 Å². The van der Waals surface area contributed by atoms with E-state index < -0.39 is 9.84 Å². The van der Waals surface area contributed by atoms with Gasteiger partial charge in [0.2, 0.25) is 0 Å². The van der Waals surface area contributed by atoms with E-state index in [0.29, 0.717) is 18.5 Å². The molecule has 19 heavy (non-hydrogen) atoms. The molecule has 0 aromatic carbocycles. The van der Waals surface area contributed by atoms with Gasteiger partial charge in [-0.15, -0.1) is 12.4 Å². The zero-order chi connectivity index (χ0) is 13.2. The number of aromatic nitrogens is 1. The Hall–Kier alpha value is -1.14. The highest BCUT2D eigenvalue weighted by molar-refractivity contribution is 7.91. The van der Waals surface area contributed by atoms with Crippen molar-refractivity contribution in [1.82, 2.24) is 9.88 Å². The van der Waals surface area contributed by atoms with Gasteiger partial charge in [0.1, 0.15) is 0 Å². The molecular weight excluding hydrogens is 288 g/mol. The van der Waals surface area contributed by atoms with Crippen LogP contribution in [-0.2, 0) is 9.84 Å². The molecule has 0 bridgehead atoms. The lowest BCUT2D eigenvalue weighted by atomic mass is 10.1. The molecule has 0 N–H and O–H groups in total. The summed E-state index contributed by atoms with van der Waals surface area (Å²) in [6.45, 7) is 2.38. The summed E-state index contributed by atoms with van der Waals surface area (Å²) in [5, 5.41) is 0. The number of rotatable bonds is 3. The van der Waals surface area contributed by atoms with Gasteiger partial charge in [-0.1, -0.05) is 0 Å². The topological polar surface area (TPSA) is 67.3 Å². The summed E-state index contributed by atoms with van der Waals surface area (Å²) >= 11 is 0. The number of amides is 1. The number of pyridine rings is 1. The Labute approximate surface area is 119 Å². The van der Waals surface area contributed by atoms with Crippen LogP contribution in [0.3, 0.4) is 0 Å². The minimum absolute atomic E-state index is 0. The van der Waals surface area contributed by atoms with Crippen molar-refractivity contribution in [1.29, 1.82) is 0 Å². The number of hydrogen-bond donors (Lipinski definition) is 0. The quantitative estimate of drug-likeness (QED) is 0.840. The van der Waals surface area contributed by atoms with Crippen molar-refractivity contribution in [3.05, 3.63) is 30.1 Å². The Morgan fingerprint density at radius 3 is 2.53 bits per heavy atom. The molecule has 1 fully saturated rings. The molecule has 1 aromatic heterocycles.